The van der Waals surface area contributed by atoms with Gasteiger partial charge in [0.2, 0.25) is 5.91 Å². The van der Waals surface area contributed by atoms with E-state index in [1.54, 1.807) is 24.3 Å². The van der Waals surface area contributed by atoms with Crippen LogP contribution >= 0.6 is 34.8 Å². The SMILES string of the molecule is O=C(Nc1ccccc1Cl)[C@@]1(c2ccccc2)CC1(Cl)Cl. The van der Waals surface area contributed by atoms with Gasteiger partial charge in [0.25, 0.3) is 0 Å². The molecule has 0 saturated heterocycles. The Hall–Kier alpha value is -1.22. The molecular weight excluding hydrogens is 329 g/mol. The van der Waals surface area contributed by atoms with Gasteiger partial charge in [-0.1, -0.05) is 54.1 Å². The normalized spacial score (nSPS) is 22.6. The van der Waals surface area contributed by atoms with Crippen LogP contribution < -0.4 is 5.32 Å². The topological polar surface area (TPSA) is 29.1 Å². The van der Waals surface area contributed by atoms with E-state index in [1.807, 2.05) is 30.3 Å². The first-order valence-electron chi connectivity index (χ1n) is 6.47. The molecule has 2 nitrogen and oxygen atoms in total. The minimum atomic E-state index is -1.10. The number of halogens is 3. The fourth-order valence-electron chi connectivity index (χ4n) is 2.49. The minimum absolute atomic E-state index is 0.244. The van der Waals surface area contributed by atoms with Crippen LogP contribution in [0, 0.1) is 0 Å². The van der Waals surface area contributed by atoms with Crippen molar-refractivity contribution in [3.63, 3.8) is 0 Å². The number of carbonyl (C=O) groups excluding carboxylic acids is 1. The van der Waals surface area contributed by atoms with Crippen LogP contribution in [0.25, 0.3) is 0 Å². The highest BCUT2D eigenvalue weighted by atomic mass is 35.5. The number of alkyl halides is 2. The van der Waals surface area contributed by atoms with E-state index in [0.717, 1.165) is 5.56 Å². The molecule has 108 valence electrons. The van der Waals surface area contributed by atoms with E-state index in [4.69, 9.17) is 34.8 Å². The van der Waals surface area contributed by atoms with Crippen molar-refractivity contribution >= 4 is 46.4 Å². The Bertz CT molecular complexity index is 687. The highest BCUT2D eigenvalue weighted by molar-refractivity contribution is 6.54. The molecule has 0 spiro atoms. The number of para-hydroxylation sites is 1. The lowest BCUT2D eigenvalue weighted by Gasteiger charge is -2.19. The second kappa shape index (κ2) is 5.20. The second-order valence-electron chi connectivity index (χ2n) is 5.09. The molecule has 0 heterocycles. The number of rotatable bonds is 3. The van der Waals surface area contributed by atoms with Crippen LogP contribution in [0.15, 0.2) is 54.6 Å². The van der Waals surface area contributed by atoms with E-state index < -0.39 is 9.75 Å². The Balaban J connectivity index is 1.94. The number of hydrogen-bond donors (Lipinski definition) is 1. The molecule has 3 rings (SSSR count). The summed E-state index contributed by atoms with van der Waals surface area (Å²) in [7, 11) is 0. The summed E-state index contributed by atoms with van der Waals surface area (Å²) in [5.74, 6) is -0.244. The summed E-state index contributed by atoms with van der Waals surface area (Å²) in [6.07, 6.45) is 0.378. The van der Waals surface area contributed by atoms with Crippen LogP contribution in [0.3, 0.4) is 0 Å². The first kappa shape index (κ1) is 14.7. The zero-order valence-corrected chi connectivity index (χ0v) is 13.2. The molecule has 2 aromatic rings. The third-order valence-electron chi connectivity index (χ3n) is 3.76. The lowest BCUT2D eigenvalue weighted by molar-refractivity contribution is -0.118. The number of benzene rings is 2. The summed E-state index contributed by atoms with van der Waals surface area (Å²) in [6.45, 7) is 0. The van der Waals surface area contributed by atoms with Crippen molar-refractivity contribution < 1.29 is 4.79 Å². The predicted molar refractivity (Wildman–Crippen MR) is 87.3 cm³/mol. The standard InChI is InChI=1S/C16H12Cl3NO/c17-12-8-4-5-9-13(12)20-14(21)15(10-16(15,18)19)11-6-2-1-3-7-11/h1-9H,10H2,(H,20,21)/t15-/m0/s1. The summed E-state index contributed by atoms with van der Waals surface area (Å²) in [6, 6.07) is 16.4. The van der Waals surface area contributed by atoms with Gasteiger partial charge in [0, 0.05) is 6.42 Å². The zero-order chi connectivity index (χ0) is 15.1. The number of hydrogen-bond acceptors (Lipinski definition) is 1. The van der Waals surface area contributed by atoms with Crippen LogP contribution in [0.2, 0.25) is 5.02 Å². The quantitative estimate of drug-likeness (QED) is 0.799. The highest BCUT2D eigenvalue weighted by Gasteiger charge is 2.72. The van der Waals surface area contributed by atoms with Crippen molar-refractivity contribution in [3.8, 4) is 0 Å². The van der Waals surface area contributed by atoms with Crippen LogP contribution in [0.4, 0.5) is 5.69 Å². The Kier molecular flexibility index (Phi) is 3.64. The molecule has 1 atom stereocenters. The lowest BCUT2D eigenvalue weighted by Crippen LogP contribution is -2.32. The number of amides is 1. The maximum atomic E-state index is 12.7. The van der Waals surface area contributed by atoms with Gasteiger partial charge >= 0.3 is 0 Å². The monoisotopic (exact) mass is 339 g/mol. The molecule has 0 bridgehead atoms. The van der Waals surface area contributed by atoms with Crippen LogP contribution in [0.1, 0.15) is 12.0 Å². The number of anilines is 1. The third-order valence-corrected chi connectivity index (χ3v) is 5.00. The van der Waals surface area contributed by atoms with Gasteiger partial charge in [-0.2, -0.15) is 0 Å². The molecule has 1 aliphatic carbocycles. The van der Waals surface area contributed by atoms with Gasteiger partial charge in [-0.05, 0) is 17.7 Å². The molecular formula is C16H12Cl3NO. The van der Waals surface area contributed by atoms with Gasteiger partial charge in [-0.3, -0.25) is 4.79 Å². The average molecular weight is 341 g/mol. The van der Waals surface area contributed by atoms with E-state index in [1.165, 1.54) is 0 Å². The van der Waals surface area contributed by atoms with Gasteiger partial charge in [-0.15, -0.1) is 23.2 Å². The van der Waals surface area contributed by atoms with E-state index in [0.29, 0.717) is 17.1 Å². The average Bonchev–Trinajstić information content (AvgIpc) is 3.07. The molecule has 21 heavy (non-hydrogen) atoms. The molecule has 1 N–H and O–H groups in total. The molecule has 0 radical (unpaired) electrons. The molecule has 2 aromatic carbocycles. The van der Waals surface area contributed by atoms with Crippen LogP contribution in [-0.2, 0) is 10.2 Å². The van der Waals surface area contributed by atoms with E-state index in [2.05, 4.69) is 5.32 Å². The van der Waals surface area contributed by atoms with Gasteiger partial charge in [0.1, 0.15) is 9.75 Å². The molecule has 1 fully saturated rings. The maximum Gasteiger partial charge on any atom is 0.238 e. The Morgan fingerprint density at radius 2 is 1.57 bits per heavy atom. The third kappa shape index (κ3) is 2.42. The summed E-state index contributed by atoms with van der Waals surface area (Å²) < 4.78 is -1.10. The van der Waals surface area contributed by atoms with Gasteiger partial charge in [0.05, 0.1) is 10.7 Å². The number of carbonyl (C=O) groups is 1. The zero-order valence-electron chi connectivity index (χ0n) is 10.9. The summed E-state index contributed by atoms with van der Waals surface area (Å²) in [5.41, 5.74) is 0.423. The summed E-state index contributed by atoms with van der Waals surface area (Å²) >= 11 is 18.6. The molecule has 5 heteroatoms. The minimum Gasteiger partial charge on any atom is -0.324 e. The Morgan fingerprint density at radius 1 is 1.00 bits per heavy atom. The Morgan fingerprint density at radius 3 is 2.14 bits per heavy atom. The fourth-order valence-corrected chi connectivity index (χ4v) is 3.47. The van der Waals surface area contributed by atoms with Crippen molar-refractivity contribution in [2.75, 3.05) is 5.32 Å². The molecule has 1 amide bonds. The largest absolute Gasteiger partial charge is 0.324 e. The highest BCUT2D eigenvalue weighted by Crippen LogP contribution is 2.65. The predicted octanol–water partition coefficient (Wildman–Crippen LogP) is 4.79. The van der Waals surface area contributed by atoms with Crippen LogP contribution in [-0.4, -0.2) is 10.2 Å². The van der Waals surface area contributed by atoms with Crippen molar-refractivity contribution in [2.45, 2.75) is 16.2 Å². The molecule has 0 aromatic heterocycles. The summed E-state index contributed by atoms with van der Waals surface area (Å²) in [4.78, 5) is 12.7. The first-order chi connectivity index (χ1) is 9.97. The lowest BCUT2D eigenvalue weighted by atomic mass is 9.94. The molecule has 1 saturated carbocycles. The van der Waals surface area contributed by atoms with E-state index >= 15 is 0 Å². The van der Waals surface area contributed by atoms with Gasteiger partial charge in [0.15, 0.2) is 0 Å². The van der Waals surface area contributed by atoms with Gasteiger partial charge < -0.3 is 5.32 Å². The smallest absolute Gasteiger partial charge is 0.238 e. The van der Waals surface area contributed by atoms with Crippen molar-refractivity contribution in [1.29, 1.82) is 0 Å². The van der Waals surface area contributed by atoms with Crippen molar-refractivity contribution in [2.24, 2.45) is 0 Å². The van der Waals surface area contributed by atoms with Gasteiger partial charge in [-0.25, -0.2) is 0 Å². The second-order valence-corrected chi connectivity index (χ2v) is 6.98. The number of nitrogens with one attached hydrogen (secondary N) is 1. The van der Waals surface area contributed by atoms with E-state index in [9.17, 15) is 4.79 Å². The van der Waals surface area contributed by atoms with E-state index in [-0.39, 0.29) is 5.91 Å². The fraction of sp³-hybridized carbons (Fsp3) is 0.188. The van der Waals surface area contributed by atoms with Crippen molar-refractivity contribution in [3.05, 3.63) is 65.2 Å². The molecule has 0 unspecified atom stereocenters. The molecule has 1 aliphatic rings. The summed E-state index contributed by atoms with van der Waals surface area (Å²) in [5, 5.41) is 3.30. The first-order valence-corrected chi connectivity index (χ1v) is 7.60. The Labute approximate surface area is 138 Å². The van der Waals surface area contributed by atoms with Crippen molar-refractivity contribution in [1.82, 2.24) is 0 Å². The van der Waals surface area contributed by atoms with Crippen LogP contribution in [0.5, 0.6) is 0 Å². The molecule has 0 aliphatic heterocycles. The maximum absolute atomic E-state index is 12.7.